The highest BCUT2D eigenvalue weighted by Gasteiger charge is 2.35. The second-order valence-electron chi connectivity index (χ2n) is 5.24. The van der Waals surface area contributed by atoms with Crippen molar-refractivity contribution >= 4 is 17.7 Å². The molecule has 2 heterocycles. The van der Waals surface area contributed by atoms with Crippen LogP contribution in [0.5, 0.6) is 0 Å². The smallest absolute Gasteiger partial charge is 0.433 e. The van der Waals surface area contributed by atoms with Gasteiger partial charge in [0.1, 0.15) is 17.1 Å². The van der Waals surface area contributed by atoms with Gasteiger partial charge >= 0.3 is 12.1 Å². The first-order valence-electron chi connectivity index (χ1n) is 6.95. The van der Waals surface area contributed by atoms with E-state index < -0.39 is 29.7 Å². The zero-order valence-corrected chi connectivity index (χ0v) is 12.4. The summed E-state index contributed by atoms with van der Waals surface area (Å²) in [4.78, 5) is 28.2. The zero-order chi connectivity index (χ0) is 17.2. The summed E-state index contributed by atoms with van der Waals surface area (Å²) in [6.45, 7) is 0.496. The number of carbonyl (C=O) groups excluding carboxylic acids is 2. The first-order valence-corrected chi connectivity index (χ1v) is 6.95. The van der Waals surface area contributed by atoms with Gasteiger partial charge < -0.3 is 15.4 Å². The number of carbonyl (C=O) groups is 2. The van der Waals surface area contributed by atoms with E-state index in [1.54, 1.807) is 0 Å². The predicted octanol–water partition coefficient (Wildman–Crippen LogP) is 1.59. The first kappa shape index (κ1) is 17.0. The molecule has 126 valence electrons. The van der Waals surface area contributed by atoms with Gasteiger partial charge in [-0.1, -0.05) is 0 Å². The molecule has 1 amide bonds. The number of piperidine rings is 1. The number of ether oxygens (including phenoxy) is 1. The maximum absolute atomic E-state index is 12.9. The largest absolute Gasteiger partial charge is 0.465 e. The molecule has 1 aliphatic rings. The maximum Gasteiger partial charge on any atom is 0.433 e. The van der Waals surface area contributed by atoms with E-state index in [-0.39, 0.29) is 17.9 Å². The molecule has 2 N–H and O–H groups in total. The minimum absolute atomic E-state index is 0.0781. The second kappa shape index (κ2) is 6.43. The summed E-state index contributed by atoms with van der Waals surface area (Å²) in [7, 11) is 1.13. The van der Waals surface area contributed by atoms with E-state index in [9.17, 15) is 22.8 Å². The van der Waals surface area contributed by atoms with Gasteiger partial charge in [0, 0.05) is 13.1 Å². The summed E-state index contributed by atoms with van der Waals surface area (Å²) in [5.74, 6) is -1.95. The third-order valence-corrected chi connectivity index (χ3v) is 3.69. The Labute approximate surface area is 130 Å². The number of alkyl halides is 3. The normalized spacial score (nSPS) is 18.6. The number of aromatic nitrogens is 1. The molecule has 2 rings (SSSR count). The van der Waals surface area contributed by atoms with E-state index in [0.717, 1.165) is 19.2 Å². The number of hydrogen-bond donors (Lipinski definition) is 1. The van der Waals surface area contributed by atoms with E-state index in [2.05, 4.69) is 9.72 Å². The molecule has 0 saturated carbocycles. The molecule has 1 aromatic rings. The van der Waals surface area contributed by atoms with Gasteiger partial charge in [0.2, 0.25) is 5.91 Å². The van der Waals surface area contributed by atoms with E-state index in [0.29, 0.717) is 19.4 Å². The standard InChI is InChI=1S/C14H16F3N3O3/c1-23-13(22)9-4-5-10(14(15,16)17)19-12(9)20-6-2-3-8(7-20)11(18)21/h4-5,8H,2-3,6-7H2,1H3,(H2,18,21)/t8-/m0/s1. The van der Waals surface area contributed by atoms with Crippen LogP contribution in [0.15, 0.2) is 12.1 Å². The number of rotatable bonds is 3. The van der Waals surface area contributed by atoms with Gasteiger partial charge in [-0.2, -0.15) is 13.2 Å². The predicted molar refractivity (Wildman–Crippen MR) is 74.7 cm³/mol. The summed E-state index contributed by atoms with van der Waals surface area (Å²) in [5, 5.41) is 0. The number of halogens is 3. The molecule has 1 fully saturated rings. The summed E-state index contributed by atoms with van der Waals surface area (Å²) in [5.41, 5.74) is 4.09. The van der Waals surface area contributed by atoms with Crippen LogP contribution >= 0.6 is 0 Å². The molecule has 1 saturated heterocycles. The Kier molecular flexibility index (Phi) is 4.76. The minimum atomic E-state index is -4.64. The molecule has 23 heavy (non-hydrogen) atoms. The lowest BCUT2D eigenvalue weighted by molar-refractivity contribution is -0.141. The first-order chi connectivity index (χ1) is 10.7. The van der Waals surface area contributed by atoms with Crippen LogP contribution in [0.3, 0.4) is 0 Å². The van der Waals surface area contributed by atoms with Crippen LogP contribution in [0.2, 0.25) is 0 Å². The molecule has 1 aliphatic heterocycles. The number of esters is 1. The fraction of sp³-hybridized carbons (Fsp3) is 0.500. The Morgan fingerprint density at radius 2 is 2.09 bits per heavy atom. The van der Waals surface area contributed by atoms with Crippen LogP contribution in [0, 0.1) is 5.92 Å². The average molecular weight is 331 g/mol. The van der Waals surface area contributed by atoms with Crippen LogP contribution in [-0.4, -0.2) is 37.1 Å². The molecular weight excluding hydrogens is 315 g/mol. The molecule has 0 radical (unpaired) electrons. The second-order valence-corrected chi connectivity index (χ2v) is 5.24. The number of amides is 1. The van der Waals surface area contributed by atoms with E-state index in [4.69, 9.17) is 5.73 Å². The summed E-state index contributed by atoms with van der Waals surface area (Å²) in [6.07, 6.45) is -3.52. The fourth-order valence-corrected chi connectivity index (χ4v) is 2.52. The summed E-state index contributed by atoms with van der Waals surface area (Å²) < 4.78 is 43.2. The van der Waals surface area contributed by atoms with Crippen LogP contribution in [-0.2, 0) is 15.7 Å². The van der Waals surface area contributed by atoms with Crippen molar-refractivity contribution in [2.45, 2.75) is 19.0 Å². The Hall–Kier alpha value is -2.32. The van der Waals surface area contributed by atoms with E-state index in [1.807, 2.05) is 0 Å². The number of pyridine rings is 1. The Morgan fingerprint density at radius 3 is 2.65 bits per heavy atom. The number of nitrogens with two attached hydrogens (primary N) is 1. The fourth-order valence-electron chi connectivity index (χ4n) is 2.52. The highest BCUT2D eigenvalue weighted by Crippen LogP contribution is 2.32. The molecule has 0 unspecified atom stereocenters. The van der Waals surface area contributed by atoms with Gasteiger partial charge in [-0.15, -0.1) is 0 Å². The van der Waals surface area contributed by atoms with Crippen molar-refractivity contribution < 1.29 is 27.5 Å². The van der Waals surface area contributed by atoms with Crippen LogP contribution < -0.4 is 10.6 Å². The van der Waals surface area contributed by atoms with Crippen LogP contribution in [0.25, 0.3) is 0 Å². The maximum atomic E-state index is 12.9. The van der Waals surface area contributed by atoms with Crippen molar-refractivity contribution in [2.75, 3.05) is 25.1 Å². The number of hydrogen-bond acceptors (Lipinski definition) is 5. The average Bonchev–Trinajstić information content (AvgIpc) is 2.52. The Morgan fingerprint density at radius 1 is 1.39 bits per heavy atom. The van der Waals surface area contributed by atoms with Crippen LogP contribution in [0.1, 0.15) is 28.9 Å². The molecule has 1 atom stereocenters. The SMILES string of the molecule is COC(=O)c1ccc(C(F)(F)F)nc1N1CCC[C@H](C(N)=O)C1. The number of methoxy groups -OCH3 is 1. The quantitative estimate of drug-likeness (QED) is 0.850. The van der Waals surface area contributed by atoms with Crippen molar-refractivity contribution in [3.63, 3.8) is 0 Å². The van der Waals surface area contributed by atoms with E-state index >= 15 is 0 Å². The number of primary amides is 1. The van der Waals surface area contributed by atoms with Crippen LogP contribution in [0.4, 0.5) is 19.0 Å². The molecule has 0 aromatic carbocycles. The monoisotopic (exact) mass is 331 g/mol. The minimum Gasteiger partial charge on any atom is -0.465 e. The molecule has 1 aromatic heterocycles. The van der Waals surface area contributed by atoms with Crippen molar-refractivity contribution in [3.8, 4) is 0 Å². The third kappa shape index (κ3) is 3.72. The van der Waals surface area contributed by atoms with Gasteiger partial charge in [0.25, 0.3) is 0 Å². The van der Waals surface area contributed by atoms with Crippen molar-refractivity contribution in [3.05, 3.63) is 23.4 Å². The number of nitrogens with zero attached hydrogens (tertiary/aromatic N) is 2. The van der Waals surface area contributed by atoms with Crippen molar-refractivity contribution in [1.82, 2.24) is 4.98 Å². The molecular formula is C14H16F3N3O3. The number of anilines is 1. The van der Waals surface area contributed by atoms with Crippen molar-refractivity contribution in [2.24, 2.45) is 11.7 Å². The topological polar surface area (TPSA) is 85.5 Å². The lowest BCUT2D eigenvalue weighted by atomic mass is 9.97. The van der Waals surface area contributed by atoms with Gasteiger partial charge in [-0.05, 0) is 25.0 Å². The highest BCUT2D eigenvalue weighted by molar-refractivity contribution is 5.95. The Balaban J connectivity index is 2.44. The molecule has 9 heteroatoms. The third-order valence-electron chi connectivity index (χ3n) is 3.69. The highest BCUT2D eigenvalue weighted by atomic mass is 19.4. The van der Waals surface area contributed by atoms with Crippen molar-refractivity contribution in [1.29, 1.82) is 0 Å². The molecule has 6 nitrogen and oxygen atoms in total. The van der Waals surface area contributed by atoms with Gasteiger partial charge in [0.05, 0.1) is 13.0 Å². The summed E-state index contributed by atoms with van der Waals surface area (Å²) in [6, 6.07) is 1.76. The molecule has 0 aliphatic carbocycles. The lowest BCUT2D eigenvalue weighted by Gasteiger charge is -2.33. The van der Waals surface area contributed by atoms with Gasteiger partial charge in [0.15, 0.2) is 0 Å². The zero-order valence-electron chi connectivity index (χ0n) is 12.4. The summed E-state index contributed by atoms with van der Waals surface area (Å²) >= 11 is 0. The van der Waals surface area contributed by atoms with Gasteiger partial charge in [-0.3, -0.25) is 4.79 Å². The molecule has 0 bridgehead atoms. The lowest BCUT2D eigenvalue weighted by Crippen LogP contribution is -2.42. The molecule has 0 spiro atoms. The Bertz CT molecular complexity index is 619. The van der Waals surface area contributed by atoms with E-state index in [1.165, 1.54) is 4.90 Å². The van der Waals surface area contributed by atoms with Gasteiger partial charge in [-0.25, -0.2) is 9.78 Å².